The van der Waals surface area contributed by atoms with Crippen molar-refractivity contribution in [2.45, 2.75) is 32.4 Å². The quantitative estimate of drug-likeness (QED) is 0.475. The summed E-state index contributed by atoms with van der Waals surface area (Å²) in [5.74, 6) is -0.395. The number of aldehydes is 1. The van der Waals surface area contributed by atoms with Gasteiger partial charge in [-0.25, -0.2) is 14.8 Å². The summed E-state index contributed by atoms with van der Waals surface area (Å²) in [6, 6.07) is 0.735. The Labute approximate surface area is 121 Å². The Bertz CT molecular complexity index is 502. The Balaban J connectivity index is 2.96. The van der Waals surface area contributed by atoms with E-state index in [1.54, 1.807) is 20.8 Å². The number of halogens is 1. The van der Waals surface area contributed by atoms with Gasteiger partial charge in [-0.15, -0.1) is 0 Å². The molecule has 0 spiro atoms. The van der Waals surface area contributed by atoms with Gasteiger partial charge in [0.2, 0.25) is 5.28 Å². The second-order valence-corrected chi connectivity index (χ2v) is 5.37. The fourth-order valence-corrected chi connectivity index (χ4v) is 1.45. The summed E-state index contributed by atoms with van der Waals surface area (Å²) in [6.45, 7) is 5.31. The molecule has 0 saturated heterocycles. The van der Waals surface area contributed by atoms with Crippen LogP contribution in [0.15, 0.2) is 6.07 Å². The second-order valence-electron chi connectivity index (χ2n) is 5.03. The van der Waals surface area contributed by atoms with Crippen molar-refractivity contribution in [3.63, 3.8) is 0 Å². The van der Waals surface area contributed by atoms with Gasteiger partial charge >= 0.3 is 5.97 Å². The van der Waals surface area contributed by atoms with Gasteiger partial charge < -0.3 is 20.6 Å². The molecule has 7 nitrogen and oxygen atoms in total. The summed E-state index contributed by atoms with van der Waals surface area (Å²) in [6.07, 6.45) is 0.642. The minimum Gasteiger partial charge on any atom is -0.455 e. The number of ether oxygens (including phenoxy) is 1. The van der Waals surface area contributed by atoms with E-state index in [-0.39, 0.29) is 23.3 Å². The van der Waals surface area contributed by atoms with Crippen LogP contribution in [-0.2, 0) is 9.53 Å². The van der Waals surface area contributed by atoms with Gasteiger partial charge in [-0.2, -0.15) is 0 Å². The van der Waals surface area contributed by atoms with E-state index < -0.39 is 17.6 Å². The van der Waals surface area contributed by atoms with E-state index in [9.17, 15) is 9.59 Å². The number of anilines is 1. The van der Waals surface area contributed by atoms with Crippen LogP contribution >= 0.6 is 11.6 Å². The number of esters is 1. The van der Waals surface area contributed by atoms with Gasteiger partial charge in [-0.3, -0.25) is 0 Å². The molecule has 0 aromatic carbocycles. The molecule has 0 saturated carbocycles. The summed E-state index contributed by atoms with van der Waals surface area (Å²) in [5, 5.41) is 2.61. The first kappa shape index (κ1) is 16.3. The van der Waals surface area contributed by atoms with Gasteiger partial charge in [-0.05, 0) is 32.4 Å². The van der Waals surface area contributed by atoms with Crippen LogP contribution in [0.25, 0.3) is 0 Å². The number of rotatable bonds is 5. The summed E-state index contributed by atoms with van der Waals surface area (Å²) in [4.78, 5) is 30.3. The summed E-state index contributed by atoms with van der Waals surface area (Å²) < 4.78 is 5.18. The number of nitrogens with zero attached hydrogens (tertiary/aromatic N) is 2. The molecule has 0 radical (unpaired) electrons. The third-order valence-corrected chi connectivity index (χ3v) is 2.23. The fraction of sp³-hybridized carbons (Fsp3) is 0.500. The molecule has 0 bridgehead atoms. The molecule has 0 amide bonds. The molecule has 20 heavy (non-hydrogen) atoms. The molecule has 0 fully saturated rings. The van der Waals surface area contributed by atoms with Gasteiger partial charge in [0, 0.05) is 12.6 Å². The molecule has 0 aliphatic rings. The SMILES string of the molecule is CC(C)(C)OC(=O)c1cc(N[C@H](C=O)CN)nc(Cl)n1. The Morgan fingerprint density at radius 3 is 2.70 bits per heavy atom. The zero-order chi connectivity index (χ0) is 15.3. The molecule has 0 aliphatic carbocycles. The fourth-order valence-electron chi connectivity index (χ4n) is 1.27. The predicted molar refractivity (Wildman–Crippen MR) is 74.7 cm³/mol. The first-order valence-corrected chi connectivity index (χ1v) is 6.33. The zero-order valence-corrected chi connectivity index (χ0v) is 12.3. The molecule has 3 N–H and O–H groups in total. The number of aromatic nitrogens is 2. The lowest BCUT2D eigenvalue weighted by Crippen LogP contribution is -2.31. The van der Waals surface area contributed by atoms with Crippen molar-refractivity contribution in [1.82, 2.24) is 9.97 Å². The monoisotopic (exact) mass is 300 g/mol. The Kier molecular flexibility index (Phi) is 5.41. The Morgan fingerprint density at radius 1 is 1.55 bits per heavy atom. The Morgan fingerprint density at radius 2 is 2.20 bits per heavy atom. The molecule has 1 aromatic rings. The van der Waals surface area contributed by atoms with Gasteiger partial charge in [-0.1, -0.05) is 0 Å². The highest BCUT2D eigenvalue weighted by molar-refractivity contribution is 6.28. The largest absolute Gasteiger partial charge is 0.455 e. The highest BCUT2D eigenvalue weighted by Crippen LogP contribution is 2.15. The summed E-state index contributed by atoms with van der Waals surface area (Å²) in [5.41, 5.74) is 4.74. The molecule has 0 unspecified atom stereocenters. The molecule has 1 rings (SSSR count). The molecule has 1 heterocycles. The van der Waals surface area contributed by atoms with Gasteiger partial charge in [0.25, 0.3) is 0 Å². The molecule has 8 heteroatoms. The molecule has 0 aliphatic heterocycles. The zero-order valence-electron chi connectivity index (χ0n) is 11.5. The van der Waals surface area contributed by atoms with Gasteiger partial charge in [0.15, 0.2) is 5.69 Å². The maximum absolute atomic E-state index is 11.9. The van der Waals surface area contributed by atoms with E-state index in [4.69, 9.17) is 22.1 Å². The smallest absolute Gasteiger partial charge is 0.357 e. The van der Waals surface area contributed by atoms with Crippen LogP contribution in [0, 0.1) is 0 Å². The van der Waals surface area contributed by atoms with Crippen LogP contribution in [0.2, 0.25) is 5.28 Å². The van der Waals surface area contributed by atoms with Crippen LogP contribution in [0.5, 0.6) is 0 Å². The third kappa shape index (κ3) is 5.10. The molecule has 1 atom stereocenters. The molecular weight excluding hydrogens is 284 g/mol. The average Bonchev–Trinajstić information content (AvgIpc) is 2.33. The molecular formula is C12H17ClN4O3. The van der Waals surface area contributed by atoms with Crippen molar-refractivity contribution < 1.29 is 14.3 Å². The van der Waals surface area contributed by atoms with Crippen molar-refractivity contribution in [1.29, 1.82) is 0 Å². The number of hydrogen-bond acceptors (Lipinski definition) is 7. The topological polar surface area (TPSA) is 107 Å². The normalized spacial score (nSPS) is 12.7. The van der Waals surface area contributed by atoms with E-state index in [1.807, 2.05) is 0 Å². The summed E-state index contributed by atoms with van der Waals surface area (Å²) in [7, 11) is 0. The number of carbonyl (C=O) groups excluding carboxylic acids is 2. The van der Waals surface area contributed by atoms with Gasteiger partial charge in [0.1, 0.15) is 17.7 Å². The number of nitrogens with one attached hydrogen (secondary N) is 1. The first-order valence-electron chi connectivity index (χ1n) is 5.95. The standard InChI is InChI=1S/C12H17ClN4O3/c1-12(2,3)20-10(19)8-4-9(17-11(13)16-8)15-7(5-14)6-18/h4,6-7H,5,14H2,1-3H3,(H,15,16,17)/t7-/m0/s1. The van der Waals surface area contributed by atoms with E-state index in [2.05, 4.69) is 15.3 Å². The minimum absolute atomic E-state index is 0.00379. The van der Waals surface area contributed by atoms with Crippen molar-refractivity contribution in [3.8, 4) is 0 Å². The van der Waals surface area contributed by atoms with Crippen LogP contribution in [-0.4, -0.2) is 40.4 Å². The maximum atomic E-state index is 11.9. The molecule has 1 aromatic heterocycles. The van der Waals surface area contributed by atoms with E-state index >= 15 is 0 Å². The molecule has 110 valence electrons. The lowest BCUT2D eigenvalue weighted by molar-refractivity contribution is -0.108. The van der Waals surface area contributed by atoms with Crippen LogP contribution in [0.3, 0.4) is 0 Å². The van der Waals surface area contributed by atoms with E-state index in [0.29, 0.717) is 6.29 Å². The van der Waals surface area contributed by atoms with E-state index in [0.717, 1.165) is 0 Å². The van der Waals surface area contributed by atoms with Gasteiger partial charge in [0.05, 0.1) is 6.04 Å². The average molecular weight is 301 g/mol. The van der Waals surface area contributed by atoms with Crippen molar-refractivity contribution in [2.75, 3.05) is 11.9 Å². The van der Waals surface area contributed by atoms with Crippen molar-refractivity contribution in [3.05, 3.63) is 17.0 Å². The van der Waals surface area contributed by atoms with Crippen molar-refractivity contribution in [2.24, 2.45) is 5.73 Å². The van der Waals surface area contributed by atoms with E-state index in [1.165, 1.54) is 6.07 Å². The van der Waals surface area contributed by atoms with Crippen LogP contribution in [0.1, 0.15) is 31.3 Å². The van der Waals surface area contributed by atoms with Crippen LogP contribution in [0.4, 0.5) is 5.82 Å². The lowest BCUT2D eigenvalue weighted by Gasteiger charge is -2.19. The summed E-state index contributed by atoms with van der Waals surface area (Å²) >= 11 is 5.75. The Hall–Kier alpha value is -1.73. The highest BCUT2D eigenvalue weighted by Gasteiger charge is 2.20. The number of hydrogen-bond donors (Lipinski definition) is 2. The lowest BCUT2D eigenvalue weighted by atomic mass is 10.2. The van der Waals surface area contributed by atoms with Crippen molar-refractivity contribution >= 4 is 29.7 Å². The van der Waals surface area contributed by atoms with Crippen LogP contribution < -0.4 is 11.1 Å². The third-order valence-electron chi connectivity index (χ3n) is 2.06. The number of carbonyl (C=O) groups is 2. The number of nitrogens with two attached hydrogens (primary N) is 1. The predicted octanol–water partition coefficient (Wildman–Crippen LogP) is 1.02. The highest BCUT2D eigenvalue weighted by atomic mass is 35.5. The first-order chi connectivity index (χ1) is 9.25. The maximum Gasteiger partial charge on any atom is 0.357 e. The minimum atomic E-state index is -0.648. The second kappa shape index (κ2) is 6.62.